The van der Waals surface area contributed by atoms with Gasteiger partial charge in [0.15, 0.2) is 0 Å². The highest BCUT2D eigenvalue weighted by molar-refractivity contribution is 6.29. The number of hydrogen-bond donors (Lipinski definition) is 1. The number of nitrogens with zero attached hydrogens (tertiary/aromatic N) is 3. The quantitative estimate of drug-likeness (QED) is 0.853. The van der Waals surface area contributed by atoms with Crippen molar-refractivity contribution in [2.24, 2.45) is 0 Å². The van der Waals surface area contributed by atoms with Gasteiger partial charge in [0.25, 0.3) is 11.5 Å². The van der Waals surface area contributed by atoms with E-state index in [-0.39, 0.29) is 6.54 Å². The maximum absolute atomic E-state index is 12.4. The molecule has 0 saturated heterocycles. The largest absolute Gasteiger partial charge is 0.348 e. The summed E-state index contributed by atoms with van der Waals surface area (Å²) in [5.74, 6) is -0.836. The highest BCUT2D eigenvalue weighted by atomic mass is 35.5. The van der Waals surface area contributed by atoms with Crippen molar-refractivity contribution >= 4 is 17.5 Å². The van der Waals surface area contributed by atoms with E-state index in [9.17, 15) is 9.18 Å². The molecule has 0 bridgehead atoms. The number of carbonyl (C=O) groups excluding carboxylic acids is 1. The van der Waals surface area contributed by atoms with Crippen molar-refractivity contribution in [2.75, 3.05) is 0 Å². The lowest BCUT2D eigenvalue weighted by molar-refractivity contribution is -0.123. The first-order valence-electron chi connectivity index (χ1n) is 5.16. The van der Waals surface area contributed by atoms with Crippen LogP contribution in [0.3, 0.4) is 0 Å². The topological polar surface area (TPSA) is 59.8 Å². The monoisotopic (exact) mass is 268 g/mol. The first-order chi connectivity index (χ1) is 8.66. The fourth-order valence-corrected chi connectivity index (χ4v) is 1.45. The van der Waals surface area contributed by atoms with E-state index in [0.29, 0.717) is 0 Å². The minimum absolute atomic E-state index is 0.226. The fraction of sp³-hybridized carbons (Fsp3) is 0.182. The summed E-state index contributed by atoms with van der Waals surface area (Å²) in [6.45, 7) is 0.226. The molecule has 0 fully saturated rings. The van der Waals surface area contributed by atoms with Crippen LogP contribution in [0.15, 0.2) is 36.9 Å². The highest BCUT2D eigenvalue weighted by Gasteiger charge is 2.11. The first-order valence-corrected chi connectivity index (χ1v) is 5.60. The van der Waals surface area contributed by atoms with E-state index in [4.69, 9.17) is 11.6 Å². The molecular formula is C11H10ClFN4O. The van der Waals surface area contributed by atoms with Crippen LogP contribution in [0, 0.1) is 0 Å². The molecule has 1 unspecified atom stereocenters. The third kappa shape index (κ3) is 3.04. The number of hydrogen-bond acceptors (Lipinski definition) is 3. The van der Waals surface area contributed by atoms with E-state index < -0.39 is 11.5 Å². The predicted molar refractivity (Wildman–Crippen MR) is 64.0 cm³/mol. The molecule has 7 heteroatoms. The number of benzene rings is 1. The SMILES string of the molecule is O=C(NCc1ccc(-n2cncn2)cc1)C(F)Cl. The minimum atomic E-state index is -2.01. The molecule has 1 heterocycles. The van der Waals surface area contributed by atoms with Crippen molar-refractivity contribution in [1.29, 1.82) is 0 Å². The number of alkyl halides is 2. The van der Waals surface area contributed by atoms with Crippen LogP contribution in [-0.2, 0) is 11.3 Å². The normalized spacial score (nSPS) is 12.1. The molecule has 18 heavy (non-hydrogen) atoms. The lowest BCUT2D eigenvalue weighted by atomic mass is 10.2. The Kier molecular flexibility index (Phi) is 3.88. The van der Waals surface area contributed by atoms with Gasteiger partial charge >= 0.3 is 0 Å². The molecule has 0 spiro atoms. The molecule has 0 aliphatic rings. The molecule has 1 aromatic carbocycles. The predicted octanol–water partition coefficient (Wildman–Crippen LogP) is 1.42. The van der Waals surface area contributed by atoms with Crippen LogP contribution in [0.25, 0.3) is 5.69 Å². The molecule has 1 aromatic heterocycles. The second-order valence-electron chi connectivity index (χ2n) is 3.52. The highest BCUT2D eigenvalue weighted by Crippen LogP contribution is 2.08. The van der Waals surface area contributed by atoms with E-state index in [1.807, 2.05) is 12.1 Å². The average Bonchev–Trinajstić information content (AvgIpc) is 2.90. The molecule has 2 aromatic rings. The van der Waals surface area contributed by atoms with Gasteiger partial charge in [-0.3, -0.25) is 4.79 Å². The van der Waals surface area contributed by atoms with Crippen LogP contribution in [0.5, 0.6) is 0 Å². The molecule has 0 aliphatic carbocycles. The van der Waals surface area contributed by atoms with Crippen LogP contribution in [0.2, 0.25) is 0 Å². The van der Waals surface area contributed by atoms with Gasteiger partial charge in [-0.1, -0.05) is 23.7 Å². The second-order valence-corrected chi connectivity index (χ2v) is 3.91. The summed E-state index contributed by atoms with van der Waals surface area (Å²) in [5.41, 5.74) is -0.327. The number of rotatable bonds is 4. The minimum Gasteiger partial charge on any atom is -0.348 e. The van der Waals surface area contributed by atoms with Crippen LogP contribution < -0.4 is 5.32 Å². The van der Waals surface area contributed by atoms with Crippen molar-refractivity contribution in [3.05, 3.63) is 42.5 Å². The summed E-state index contributed by atoms with van der Waals surface area (Å²) >= 11 is 4.99. The Hall–Kier alpha value is -1.95. The van der Waals surface area contributed by atoms with Crippen LogP contribution in [0.1, 0.15) is 5.56 Å². The first kappa shape index (κ1) is 12.5. The summed E-state index contributed by atoms with van der Waals surface area (Å²) in [6, 6.07) is 7.26. The number of halogens is 2. The van der Waals surface area contributed by atoms with Crippen molar-refractivity contribution < 1.29 is 9.18 Å². The lowest BCUT2D eigenvalue weighted by Crippen LogP contribution is -2.28. The molecule has 5 nitrogen and oxygen atoms in total. The number of carbonyl (C=O) groups is 1. The standard InChI is InChI=1S/C11H10ClFN4O/c12-10(13)11(18)15-5-8-1-3-9(4-2-8)17-7-14-6-16-17/h1-4,6-7,10H,5H2,(H,15,18). The van der Waals surface area contributed by atoms with Gasteiger partial charge in [-0.15, -0.1) is 0 Å². The van der Waals surface area contributed by atoms with Gasteiger partial charge in [0.1, 0.15) is 12.7 Å². The molecule has 0 aliphatic heterocycles. The van der Waals surface area contributed by atoms with Crippen molar-refractivity contribution in [3.63, 3.8) is 0 Å². The number of amides is 1. The van der Waals surface area contributed by atoms with Crippen LogP contribution in [0.4, 0.5) is 4.39 Å². The maximum atomic E-state index is 12.4. The summed E-state index contributed by atoms with van der Waals surface area (Å²) in [6.07, 6.45) is 3.02. The summed E-state index contributed by atoms with van der Waals surface area (Å²) in [5, 5.41) is 6.35. The van der Waals surface area contributed by atoms with Crippen molar-refractivity contribution in [3.8, 4) is 5.69 Å². The Bertz CT molecular complexity index is 512. The Labute approximate surface area is 108 Å². The Morgan fingerprint density at radius 2 is 2.17 bits per heavy atom. The van der Waals surface area contributed by atoms with Gasteiger partial charge in [0.05, 0.1) is 5.69 Å². The van der Waals surface area contributed by atoms with Gasteiger partial charge in [0, 0.05) is 6.54 Å². The van der Waals surface area contributed by atoms with Crippen molar-refractivity contribution in [2.45, 2.75) is 12.2 Å². The third-order valence-electron chi connectivity index (χ3n) is 2.28. The summed E-state index contributed by atoms with van der Waals surface area (Å²) < 4.78 is 14.0. The average molecular weight is 269 g/mol. The van der Waals surface area contributed by atoms with Crippen LogP contribution >= 0.6 is 11.6 Å². The van der Waals surface area contributed by atoms with E-state index in [0.717, 1.165) is 11.3 Å². The van der Waals surface area contributed by atoms with Gasteiger partial charge in [-0.2, -0.15) is 5.10 Å². The maximum Gasteiger partial charge on any atom is 0.270 e. The molecule has 1 atom stereocenters. The van der Waals surface area contributed by atoms with E-state index >= 15 is 0 Å². The van der Waals surface area contributed by atoms with E-state index in [1.165, 1.54) is 6.33 Å². The summed E-state index contributed by atoms with van der Waals surface area (Å²) in [4.78, 5) is 14.8. The zero-order chi connectivity index (χ0) is 13.0. The Morgan fingerprint density at radius 1 is 1.44 bits per heavy atom. The molecule has 0 radical (unpaired) electrons. The Morgan fingerprint density at radius 3 is 2.72 bits per heavy atom. The lowest BCUT2D eigenvalue weighted by Gasteiger charge is -2.06. The van der Waals surface area contributed by atoms with E-state index in [2.05, 4.69) is 15.4 Å². The molecule has 94 valence electrons. The molecule has 0 saturated carbocycles. The molecule has 1 amide bonds. The molecular weight excluding hydrogens is 259 g/mol. The fourth-order valence-electron chi connectivity index (χ4n) is 1.37. The number of aromatic nitrogens is 3. The van der Waals surface area contributed by atoms with Gasteiger partial charge < -0.3 is 5.32 Å². The molecule has 2 rings (SSSR count). The zero-order valence-corrected chi connectivity index (χ0v) is 10.0. The van der Waals surface area contributed by atoms with Gasteiger partial charge in [-0.05, 0) is 17.7 Å². The number of nitrogens with one attached hydrogen (secondary N) is 1. The molecule has 1 N–H and O–H groups in total. The van der Waals surface area contributed by atoms with Crippen LogP contribution in [-0.4, -0.2) is 26.3 Å². The van der Waals surface area contributed by atoms with E-state index in [1.54, 1.807) is 23.1 Å². The van der Waals surface area contributed by atoms with Gasteiger partial charge in [-0.25, -0.2) is 14.1 Å². The smallest absolute Gasteiger partial charge is 0.270 e. The Balaban J connectivity index is 1.98. The third-order valence-corrected chi connectivity index (χ3v) is 2.48. The second kappa shape index (κ2) is 5.59. The summed E-state index contributed by atoms with van der Waals surface area (Å²) in [7, 11) is 0. The van der Waals surface area contributed by atoms with Gasteiger partial charge in [0.2, 0.25) is 0 Å². The zero-order valence-electron chi connectivity index (χ0n) is 9.25. The van der Waals surface area contributed by atoms with Crippen molar-refractivity contribution in [1.82, 2.24) is 20.1 Å².